The van der Waals surface area contributed by atoms with E-state index in [0.717, 1.165) is 79.5 Å². The van der Waals surface area contributed by atoms with Gasteiger partial charge in [-0.2, -0.15) is 5.10 Å². The maximum atomic E-state index is 13.1. The molecule has 6 rings (SSSR count). The highest BCUT2D eigenvalue weighted by atomic mass is 16.5. The number of nitrogens with zero attached hydrogens (tertiary/aromatic N) is 7. The molecule has 3 aromatic heterocycles. The monoisotopic (exact) mass is 629 g/mol. The minimum Gasteiger partial charge on any atom is -0.484 e. The molecule has 46 heavy (non-hydrogen) atoms. The Morgan fingerprint density at radius 3 is 2.67 bits per heavy atom. The van der Waals surface area contributed by atoms with Crippen molar-refractivity contribution < 1.29 is 14.6 Å². The van der Waals surface area contributed by atoms with Gasteiger partial charge < -0.3 is 25.0 Å². The molecule has 4 heterocycles. The van der Waals surface area contributed by atoms with Crippen molar-refractivity contribution in [3.8, 4) is 5.75 Å². The molecule has 246 valence electrons. The lowest BCUT2D eigenvalue weighted by Crippen LogP contribution is -2.41. The minimum absolute atomic E-state index is 0.110. The third kappa shape index (κ3) is 6.97. The molecule has 2 aliphatic rings. The van der Waals surface area contributed by atoms with Crippen LogP contribution in [0.25, 0.3) is 5.65 Å². The largest absolute Gasteiger partial charge is 0.484 e. The smallest absolute Gasteiger partial charge is 0.320 e. The fourth-order valence-corrected chi connectivity index (χ4v) is 6.69. The molecule has 0 radical (unpaired) electrons. The molecule has 3 N–H and O–H groups in total. The van der Waals surface area contributed by atoms with Crippen LogP contribution >= 0.6 is 0 Å². The van der Waals surface area contributed by atoms with Gasteiger partial charge in [-0.15, -0.1) is 10.2 Å². The second-order valence-corrected chi connectivity index (χ2v) is 13.8. The van der Waals surface area contributed by atoms with Crippen LogP contribution in [0.5, 0.6) is 5.75 Å². The third-order valence-corrected chi connectivity index (χ3v) is 9.12. The number of fused-ring (bicyclic) bond motifs is 2. The number of carbonyl (C=O) groups excluding carboxylic acids is 1. The number of aryl methyl sites for hydroxylation is 1. The summed E-state index contributed by atoms with van der Waals surface area (Å²) in [5, 5.41) is 29.0. The number of piperidine rings is 1. The summed E-state index contributed by atoms with van der Waals surface area (Å²) < 4.78 is 10.4. The highest BCUT2D eigenvalue weighted by molar-refractivity contribution is 5.88. The molecule has 4 aromatic rings. The number of hydrogen-bond acceptors (Lipinski definition) is 8. The summed E-state index contributed by atoms with van der Waals surface area (Å²) in [4.78, 5) is 17.6. The number of hydrogen-bond donors (Lipinski definition) is 3. The molecule has 1 aromatic carbocycles. The lowest BCUT2D eigenvalue weighted by molar-refractivity contribution is 0.171. The summed E-state index contributed by atoms with van der Waals surface area (Å²) in [6, 6.07) is 13.6. The van der Waals surface area contributed by atoms with Crippen LogP contribution < -0.4 is 20.3 Å². The summed E-state index contributed by atoms with van der Waals surface area (Å²) in [6.45, 7) is 9.95. The lowest BCUT2D eigenvalue weighted by Gasteiger charge is -2.34. The topological polar surface area (TPSA) is 125 Å². The molecule has 12 heteroatoms. The molecule has 0 bridgehead atoms. The zero-order valence-corrected chi connectivity index (χ0v) is 27.6. The zero-order valence-electron chi connectivity index (χ0n) is 27.6. The van der Waals surface area contributed by atoms with Crippen molar-refractivity contribution >= 4 is 23.4 Å². The molecule has 1 fully saturated rings. The van der Waals surface area contributed by atoms with E-state index in [2.05, 4.69) is 75.7 Å². The molecule has 0 unspecified atom stereocenters. The number of aliphatic hydroxyl groups is 1. The van der Waals surface area contributed by atoms with Gasteiger partial charge in [0.2, 0.25) is 5.95 Å². The molecule has 1 aliphatic heterocycles. The number of anilines is 2. The van der Waals surface area contributed by atoms with Crippen molar-refractivity contribution in [2.75, 3.05) is 50.1 Å². The Bertz CT molecular complexity index is 1660. The van der Waals surface area contributed by atoms with Gasteiger partial charge in [0.1, 0.15) is 17.7 Å². The van der Waals surface area contributed by atoms with Crippen LogP contribution in [0.1, 0.15) is 75.4 Å². The molecule has 1 saturated heterocycles. The number of likely N-dealkylation sites (N-methyl/N-ethyl adjacent to an activating group) is 1. The number of aliphatic hydroxyl groups excluding tert-OH is 1. The van der Waals surface area contributed by atoms with Gasteiger partial charge in [-0.25, -0.2) is 4.79 Å². The fraction of sp³-hybridized carbons (Fsp3) is 0.529. The van der Waals surface area contributed by atoms with Gasteiger partial charge in [-0.05, 0) is 61.9 Å². The Morgan fingerprint density at radius 1 is 1.11 bits per heavy atom. The van der Waals surface area contributed by atoms with Crippen molar-refractivity contribution in [3.05, 3.63) is 65.5 Å². The molecule has 0 saturated carbocycles. The summed E-state index contributed by atoms with van der Waals surface area (Å²) in [5.74, 6) is 2.74. The van der Waals surface area contributed by atoms with E-state index in [9.17, 15) is 9.90 Å². The third-order valence-electron chi connectivity index (χ3n) is 9.12. The average Bonchev–Trinajstić information content (AvgIpc) is 3.61. The normalized spacial score (nSPS) is 20.2. The number of urea groups is 1. The highest BCUT2D eigenvalue weighted by Crippen LogP contribution is 2.39. The molecule has 2 amide bonds. The number of amides is 2. The van der Waals surface area contributed by atoms with Crippen molar-refractivity contribution in [2.45, 2.75) is 64.0 Å². The van der Waals surface area contributed by atoms with Gasteiger partial charge in [0, 0.05) is 44.7 Å². The predicted octanol–water partition coefficient (Wildman–Crippen LogP) is 4.68. The van der Waals surface area contributed by atoms with E-state index >= 15 is 0 Å². The Kier molecular flexibility index (Phi) is 9.19. The molecular formula is C34H47N9O3. The second-order valence-electron chi connectivity index (χ2n) is 13.8. The van der Waals surface area contributed by atoms with E-state index in [1.807, 2.05) is 48.0 Å². The van der Waals surface area contributed by atoms with E-state index in [0.29, 0.717) is 18.3 Å². The Labute approximate surface area is 270 Å². The van der Waals surface area contributed by atoms with Crippen LogP contribution in [-0.2, 0) is 12.5 Å². The van der Waals surface area contributed by atoms with Crippen molar-refractivity contribution in [1.29, 1.82) is 0 Å². The van der Waals surface area contributed by atoms with Crippen LogP contribution in [0.2, 0.25) is 0 Å². The van der Waals surface area contributed by atoms with Crippen LogP contribution in [0.4, 0.5) is 16.6 Å². The Hall–Kier alpha value is -4.16. The fourth-order valence-electron chi connectivity index (χ4n) is 6.69. The number of rotatable bonds is 9. The SMILES string of the molecule is CN(CCO)C[C@H]1CCCN(c2nnc3ccc(O[C@@H]4CC[C@H](NC(=O)Nc5cc(C(C)(C)C)nn5C)c5ccccc54)cn23)C1. The number of pyridine rings is 1. The van der Waals surface area contributed by atoms with Crippen molar-refractivity contribution in [2.24, 2.45) is 13.0 Å². The maximum Gasteiger partial charge on any atom is 0.320 e. The number of benzene rings is 1. The molecule has 1 aliphatic carbocycles. The first-order valence-electron chi connectivity index (χ1n) is 16.4. The van der Waals surface area contributed by atoms with Crippen LogP contribution in [-0.4, -0.2) is 80.2 Å². The number of ether oxygens (including phenoxy) is 1. The summed E-state index contributed by atoms with van der Waals surface area (Å²) in [6.07, 6.45) is 5.60. The van der Waals surface area contributed by atoms with Gasteiger partial charge >= 0.3 is 6.03 Å². The molecular weight excluding hydrogens is 582 g/mol. The van der Waals surface area contributed by atoms with E-state index in [1.54, 1.807) is 4.68 Å². The zero-order chi connectivity index (χ0) is 32.4. The first-order valence-corrected chi connectivity index (χ1v) is 16.4. The Balaban J connectivity index is 1.14. The van der Waals surface area contributed by atoms with Gasteiger partial charge in [0.15, 0.2) is 5.65 Å². The van der Waals surface area contributed by atoms with E-state index in [4.69, 9.17) is 4.74 Å². The van der Waals surface area contributed by atoms with Gasteiger partial charge in [-0.3, -0.25) is 14.4 Å². The average molecular weight is 630 g/mol. The first kappa shape index (κ1) is 31.8. The van der Waals surface area contributed by atoms with Crippen molar-refractivity contribution in [3.63, 3.8) is 0 Å². The van der Waals surface area contributed by atoms with Crippen LogP contribution in [0, 0.1) is 5.92 Å². The summed E-state index contributed by atoms with van der Waals surface area (Å²) >= 11 is 0. The van der Waals surface area contributed by atoms with Gasteiger partial charge in [0.05, 0.1) is 24.5 Å². The van der Waals surface area contributed by atoms with Crippen LogP contribution in [0.3, 0.4) is 0 Å². The minimum atomic E-state index is -0.256. The standard InChI is InChI=1S/C34H47N9O3/c1-34(2,3)29-19-31(41(5)39-29)36-32(45)35-27-13-14-28(26-11-7-6-10-25(26)27)46-24-12-15-30-37-38-33(43(30)22-24)42-16-8-9-23(21-42)20-40(4)17-18-44/h6-7,10-12,15,19,22-23,27-28,44H,8-9,13-14,16-18,20-21H2,1-5H3,(H2,35,36,45)/t23-,27+,28-/m1/s1. The highest BCUT2D eigenvalue weighted by Gasteiger charge is 2.30. The second kappa shape index (κ2) is 13.3. The molecule has 12 nitrogen and oxygen atoms in total. The summed E-state index contributed by atoms with van der Waals surface area (Å²) in [7, 11) is 3.90. The molecule has 0 spiro atoms. The number of carbonyl (C=O) groups is 1. The first-order chi connectivity index (χ1) is 22.1. The predicted molar refractivity (Wildman–Crippen MR) is 178 cm³/mol. The van der Waals surface area contributed by atoms with E-state index in [-0.39, 0.29) is 30.2 Å². The number of aromatic nitrogens is 5. The lowest BCUT2D eigenvalue weighted by atomic mass is 9.85. The summed E-state index contributed by atoms with van der Waals surface area (Å²) in [5.41, 5.74) is 3.73. The van der Waals surface area contributed by atoms with E-state index < -0.39 is 0 Å². The maximum absolute atomic E-state index is 13.1. The molecule has 3 atom stereocenters. The Morgan fingerprint density at radius 2 is 1.91 bits per heavy atom. The van der Waals surface area contributed by atoms with E-state index in [1.165, 1.54) is 0 Å². The van der Waals surface area contributed by atoms with Gasteiger partial charge in [-0.1, -0.05) is 45.0 Å². The van der Waals surface area contributed by atoms with Crippen molar-refractivity contribution in [1.82, 2.24) is 34.6 Å². The number of nitrogens with one attached hydrogen (secondary N) is 2. The quantitative estimate of drug-likeness (QED) is 0.244. The van der Waals surface area contributed by atoms with Gasteiger partial charge in [0.25, 0.3) is 0 Å². The van der Waals surface area contributed by atoms with Crippen LogP contribution in [0.15, 0.2) is 48.7 Å².